The van der Waals surface area contributed by atoms with Gasteiger partial charge in [0.05, 0.1) is 34.4 Å². The second-order valence-corrected chi connectivity index (χ2v) is 25.5. The third-order valence-electron chi connectivity index (χ3n) is 15.5. The van der Waals surface area contributed by atoms with E-state index in [-0.39, 0.29) is 32.2 Å². The fourth-order valence-corrected chi connectivity index (χ4v) is 9.86. The lowest BCUT2D eigenvalue weighted by molar-refractivity contribution is -0.870. The molecule has 0 spiro atoms. The van der Waals surface area contributed by atoms with Crippen LogP contribution in [0, 0.1) is 0 Å². The quantitative estimate of drug-likeness (QED) is 0.0211. The average molecular weight is 1290 g/mol. The molecule has 2 atom stereocenters. The summed E-state index contributed by atoms with van der Waals surface area (Å²) in [5.41, 5.74) is 0. The van der Waals surface area contributed by atoms with Gasteiger partial charge in [-0.25, -0.2) is 4.79 Å². The molecule has 0 aromatic heterocycles. The summed E-state index contributed by atoms with van der Waals surface area (Å²) in [6.07, 6.45) is 106. The summed E-state index contributed by atoms with van der Waals surface area (Å²) in [4.78, 5) is 37.7. The predicted octanol–water partition coefficient (Wildman–Crippen LogP) is 23.8. The van der Waals surface area contributed by atoms with Crippen molar-refractivity contribution in [3.05, 3.63) is 170 Å². The van der Waals surface area contributed by atoms with Crippen LogP contribution >= 0.6 is 0 Å². The Morgan fingerprint density at radius 2 is 0.581 bits per heavy atom. The summed E-state index contributed by atoms with van der Waals surface area (Å²) >= 11 is 0. The number of hydrogen-bond acceptors (Lipinski definition) is 7. The first-order chi connectivity index (χ1) is 45.6. The highest BCUT2D eigenvalue weighted by molar-refractivity contribution is 5.71. The number of ether oxygens (including phenoxy) is 4. The summed E-state index contributed by atoms with van der Waals surface area (Å²) in [5, 5.41) is 9.76. The molecular formula is C84H138NO8+. The SMILES string of the molecule is CC/C=C\C/C=C\C/C=C\C/C=C\C/C=C\C/C=C\C/C=C\C/C=C\C/C=C\CCCCCCCC(=O)OC(COC(=O)CCCCCCCCCCCCCCCCCCCCC/C=C\C/C=C\C/C=C\C/C=C\C/C=C\CC)COC(OCC[N+](C)(C)C)C(=O)O. The summed E-state index contributed by atoms with van der Waals surface area (Å²) in [6, 6.07) is 0. The fourth-order valence-electron chi connectivity index (χ4n) is 9.86. The number of allylic oxidation sites excluding steroid dienone is 28. The zero-order valence-corrected chi connectivity index (χ0v) is 60.1. The number of carbonyl (C=O) groups is 3. The zero-order chi connectivity index (χ0) is 67.5. The van der Waals surface area contributed by atoms with Crippen molar-refractivity contribution < 1.29 is 42.9 Å². The number of carbonyl (C=O) groups excluding carboxylic acids is 2. The Bertz CT molecular complexity index is 2140. The van der Waals surface area contributed by atoms with Gasteiger partial charge < -0.3 is 28.5 Å². The Balaban J connectivity index is 4.16. The Morgan fingerprint density at radius 1 is 0.323 bits per heavy atom. The maximum Gasteiger partial charge on any atom is 0.361 e. The van der Waals surface area contributed by atoms with Crippen molar-refractivity contribution in [2.24, 2.45) is 0 Å². The van der Waals surface area contributed by atoms with E-state index in [9.17, 15) is 19.5 Å². The molecule has 0 aliphatic heterocycles. The second-order valence-electron chi connectivity index (χ2n) is 25.5. The fraction of sp³-hybridized carbons (Fsp3) is 0.631. The molecule has 0 saturated carbocycles. The molecule has 526 valence electrons. The highest BCUT2D eigenvalue weighted by Crippen LogP contribution is 2.17. The number of hydrogen-bond donors (Lipinski definition) is 1. The van der Waals surface area contributed by atoms with Crippen LogP contribution in [0.3, 0.4) is 0 Å². The van der Waals surface area contributed by atoms with Crippen molar-refractivity contribution in [2.45, 2.75) is 296 Å². The van der Waals surface area contributed by atoms with Crippen molar-refractivity contribution in [3.63, 3.8) is 0 Å². The Hall–Kier alpha value is -5.35. The van der Waals surface area contributed by atoms with Gasteiger partial charge in [-0.15, -0.1) is 0 Å². The number of likely N-dealkylation sites (N-methyl/N-ethyl adjacent to an activating group) is 1. The number of quaternary nitrogens is 1. The lowest BCUT2D eigenvalue weighted by Crippen LogP contribution is -2.40. The maximum atomic E-state index is 13.0. The number of unbranched alkanes of at least 4 members (excludes halogenated alkanes) is 24. The van der Waals surface area contributed by atoms with Gasteiger partial charge in [-0.1, -0.05) is 312 Å². The van der Waals surface area contributed by atoms with Crippen LogP contribution in [0.1, 0.15) is 284 Å². The molecule has 0 bridgehead atoms. The van der Waals surface area contributed by atoms with Crippen LogP contribution in [0.5, 0.6) is 0 Å². The first kappa shape index (κ1) is 87.7. The third kappa shape index (κ3) is 73.9. The zero-order valence-electron chi connectivity index (χ0n) is 60.1. The van der Waals surface area contributed by atoms with E-state index in [1.165, 1.54) is 109 Å². The minimum absolute atomic E-state index is 0.176. The van der Waals surface area contributed by atoms with E-state index in [1.807, 2.05) is 21.1 Å². The molecule has 0 rings (SSSR count). The molecule has 0 fully saturated rings. The topological polar surface area (TPSA) is 108 Å². The summed E-state index contributed by atoms with van der Waals surface area (Å²) in [5.74, 6) is -2.04. The summed E-state index contributed by atoms with van der Waals surface area (Å²) < 4.78 is 23.0. The Labute approximate surface area is 571 Å². The monoisotopic (exact) mass is 1290 g/mol. The molecular weight excluding hydrogens is 1150 g/mol. The van der Waals surface area contributed by atoms with Crippen molar-refractivity contribution in [2.75, 3.05) is 47.5 Å². The van der Waals surface area contributed by atoms with E-state index < -0.39 is 24.3 Å². The number of aliphatic carboxylic acids is 1. The molecule has 0 aliphatic rings. The van der Waals surface area contributed by atoms with E-state index >= 15 is 0 Å². The van der Waals surface area contributed by atoms with Gasteiger partial charge in [0.25, 0.3) is 6.29 Å². The molecule has 0 aliphatic carbocycles. The van der Waals surface area contributed by atoms with Crippen LogP contribution < -0.4 is 0 Å². The number of carboxylic acid groups (broad SMARTS) is 1. The summed E-state index contributed by atoms with van der Waals surface area (Å²) in [7, 11) is 5.96. The minimum atomic E-state index is -1.53. The van der Waals surface area contributed by atoms with Crippen molar-refractivity contribution >= 4 is 17.9 Å². The van der Waals surface area contributed by atoms with Gasteiger partial charge in [-0.2, -0.15) is 0 Å². The molecule has 0 aromatic carbocycles. The number of rotatable bonds is 67. The highest BCUT2D eigenvalue weighted by Gasteiger charge is 2.25. The Morgan fingerprint density at radius 3 is 0.860 bits per heavy atom. The van der Waals surface area contributed by atoms with Crippen LogP contribution in [0.2, 0.25) is 0 Å². The highest BCUT2D eigenvalue weighted by atomic mass is 16.7. The summed E-state index contributed by atoms with van der Waals surface area (Å²) in [6.45, 7) is 4.63. The van der Waals surface area contributed by atoms with Crippen LogP contribution in [-0.2, 0) is 33.3 Å². The first-order valence-electron chi connectivity index (χ1n) is 37.3. The average Bonchev–Trinajstić information content (AvgIpc) is 3.74. The molecule has 9 nitrogen and oxygen atoms in total. The van der Waals surface area contributed by atoms with Gasteiger partial charge in [-0.3, -0.25) is 9.59 Å². The normalized spacial score (nSPS) is 13.7. The maximum absolute atomic E-state index is 13.0. The van der Waals surface area contributed by atoms with Crippen molar-refractivity contribution in [1.29, 1.82) is 0 Å². The molecule has 0 heterocycles. The molecule has 0 radical (unpaired) electrons. The van der Waals surface area contributed by atoms with Crippen molar-refractivity contribution in [3.8, 4) is 0 Å². The standard InChI is InChI=1S/C84H137NO8/c1-6-8-10-12-14-16-18-20-22-24-26-28-30-32-34-36-38-40-41-43-44-46-48-50-52-54-56-58-60-62-64-66-68-70-72-74-81(86)91-78-80(79-92-84(83(88)89)90-77-76-85(3,4)5)93-82(87)75-73-71-69-67-65-63-61-59-57-55-53-51-49-47-45-42-39-37-35-33-31-29-27-25-23-21-19-17-15-13-11-9-7-2/h8-11,14-17,20-23,26-29,32-35,39,42,47,49,53,55,59,61,80,84H,6-7,12-13,18-19,24-25,30-31,36-38,40-41,43-46,48,50-52,54,56-58,60,62-79H2,1-5H3/p+1/b10-8-,11-9-,16-14-,17-15-,22-20-,23-21-,28-26-,29-27-,34-32-,35-33-,42-39-,49-47-,55-53-,61-59-. The van der Waals surface area contributed by atoms with Crippen molar-refractivity contribution in [1.82, 2.24) is 0 Å². The number of nitrogens with zero attached hydrogens (tertiary/aromatic N) is 1. The smallest absolute Gasteiger partial charge is 0.361 e. The van der Waals surface area contributed by atoms with Gasteiger partial charge in [0.15, 0.2) is 6.10 Å². The van der Waals surface area contributed by atoms with Crippen LogP contribution in [0.15, 0.2) is 170 Å². The molecule has 1 N–H and O–H groups in total. The second kappa shape index (κ2) is 72.5. The van der Waals surface area contributed by atoms with Gasteiger partial charge in [0.1, 0.15) is 13.2 Å². The molecule has 2 unspecified atom stereocenters. The largest absolute Gasteiger partial charge is 0.477 e. The van der Waals surface area contributed by atoms with Crippen LogP contribution in [0.4, 0.5) is 0 Å². The van der Waals surface area contributed by atoms with Gasteiger partial charge in [0, 0.05) is 12.8 Å². The predicted molar refractivity (Wildman–Crippen MR) is 400 cm³/mol. The number of esters is 2. The van der Waals surface area contributed by atoms with E-state index in [2.05, 4.69) is 184 Å². The van der Waals surface area contributed by atoms with E-state index in [0.29, 0.717) is 23.9 Å². The molecule has 0 amide bonds. The first-order valence-corrected chi connectivity index (χ1v) is 37.3. The molecule has 0 aromatic rings. The lowest BCUT2D eigenvalue weighted by atomic mass is 10.0. The van der Waals surface area contributed by atoms with Crippen LogP contribution in [-0.4, -0.2) is 87.4 Å². The Kier molecular flexibility index (Phi) is 68.3. The van der Waals surface area contributed by atoms with Gasteiger partial charge >= 0.3 is 17.9 Å². The van der Waals surface area contributed by atoms with Gasteiger partial charge in [-0.05, 0) is 128 Å². The molecule has 9 heteroatoms. The molecule has 0 saturated heterocycles. The minimum Gasteiger partial charge on any atom is -0.477 e. The van der Waals surface area contributed by atoms with E-state index in [1.54, 1.807) is 0 Å². The van der Waals surface area contributed by atoms with Gasteiger partial charge in [0.2, 0.25) is 0 Å². The van der Waals surface area contributed by atoms with E-state index in [0.717, 1.165) is 141 Å². The third-order valence-corrected chi connectivity index (χ3v) is 15.5. The van der Waals surface area contributed by atoms with E-state index in [4.69, 9.17) is 18.9 Å². The lowest BCUT2D eigenvalue weighted by Gasteiger charge is -2.25. The molecule has 93 heavy (non-hydrogen) atoms. The number of carboxylic acids is 1. The van der Waals surface area contributed by atoms with Crippen LogP contribution in [0.25, 0.3) is 0 Å².